The van der Waals surface area contributed by atoms with Gasteiger partial charge in [-0.1, -0.05) is 17.2 Å². The van der Waals surface area contributed by atoms with E-state index in [9.17, 15) is 9.59 Å². The second-order valence-corrected chi connectivity index (χ2v) is 8.68. The summed E-state index contributed by atoms with van der Waals surface area (Å²) in [5.41, 5.74) is 5.29. The normalized spacial score (nSPS) is 22.2. The molecule has 6 nitrogen and oxygen atoms in total. The number of hydrogen-bond donors (Lipinski definition) is 1. The van der Waals surface area contributed by atoms with Crippen LogP contribution in [0.3, 0.4) is 0 Å². The van der Waals surface area contributed by atoms with E-state index in [0.29, 0.717) is 19.6 Å². The zero-order valence-electron chi connectivity index (χ0n) is 17.6. The number of amides is 2. The second-order valence-electron chi connectivity index (χ2n) is 8.68. The third-order valence-electron chi connectivity index (χ3n) is 6.25. The van der Waals surface area contributed by atoms with Crippen molar-refractivity contribution in [3.8, 4) is 0 Å². The molecule has 29 heavy (non-hydrogen) atoms. The second kappa shape index (κ2) is 8.01. The van der Waals surface area contributed by atoms with Crippen molar-refractivity contribution in [2.24, 2.45) is 5.92 Å². The number of carbonyl (C=O) groups excluding carboxylic acids is 2. The Hall–Kier alpha value is -2.63. The molecule has 0 spiro atoms. The molecule has 0 saturated carbocycles. The van der Waals surface area contributed by atoms with E-state index in [1.165, 1.54) is 11.3 Å². The van der Waals surface area contributed by atoms with Crippen LogP contribution in [-0.2, 0) is 17.6 Å². The van der Waals surface area contributed by atoms with E-state index in [0.717, 1.165) is 42.4 Å². The van der Waals surface area contributed by atoms with E-state index < -0.39 is 0 Å². The van der Waals surface area contributed by atoms with Crippen molar-refractivity contribution in [1.82, 2.24) is 20.0 Å². The lowest BCUT2D eigenvalue weighted by molar-refractivity contribution is -0.136. The van der Waals surface area contributed by atoms with Crippen LogP contribution in [0.15, 0.2) is 24.4 Å². The van der Waals surface area contributed by atoms with Gasteiger partial charge in [0, 0.05) is 42.9 Å². The number of carbonyl (C=O) groups is 2. The number of aromatic amines is 1. The molecular formula is C23H30N4O2. The van der Waals surface area contributed by atoms with Crippen LogP contribution in [0.5, 0.6) is 0 Å². The van der Waals surface area contributed by atoms with Crippen molar-refractivity contribution >= 4 is 11.8 Å². The Labute approximate surface area is 172 Å². The summed E-state index contributed by atoms with van der Waals surface area (Å²) in [5, 5.41) is 7.15. The SMILES string of the molecule is Cc1cc(C)cc(C(=O)N2CCCN(C(=O)C3CCc4[nH]ncc4C3)CC2C)c1. The van der Waals surface area contributed by atoms with Gasteiger partial charge in [0.05, 0.1) is 6.20 Å². The van der Waals surface area contributed by atoms with Gasteiger partial charge < -0.3 is 9.80 Å². The van der Waals surface area contributed by atoms with Crippen molar-refractivity contribution in [2.45, 2.75) is 52.5 Å². The van der Waals surface area contributed by atoms with Gasteiger partial charge in [0.25, 0.3) is 5.91 Å². The Morgan fingerprint density at radius 1 is 1.14 bits per heavy atom. The first kappa shape index (κ1) is 19.7. The number of aromatic nitrogens is 2. The molecule has 2 aliphatic rings. The zero-order chi connectivity index (χ0) is 20.5. The minimum Gasteiger partial charge on any atom is -0.340 e. The maximum absolute atomic E-state index is 13.2. The highest BCUT2D eigenvalue weighted by atomic mass is 16.2. The maximum atomic E-state index is 13.2. The van der Waals surface area contributed by atoms with Crippen molar-refractivity contribution in [3.05, 3.63) is 52.3 Å². The van der Waals surface area contributed by atoms with Crippen LogP contribution in [0, 0.1) is 19.8 Å². The number of hydrogen-bond acceptors (Lipinski definition) is 3. The highest BCUT2D eigenvalue weighted by Gasteiger charge is 2.33. The number of nitrogens with zero attached hydrogens (tertiary/aromatic N) is 3. The summed E-state index contributed by atoms with van der Waals surface area (Å²) in [7, 11) is 0. The van der Waals surface area contributed by atoms with E-state index in [4.69, 9.17) is 0 Å². The first-order valence-corrected chi connectivity index (χ1v) is 10.6. The van der Waals surface area contributed by atoms with Gasteiger partial charge in [0.15, 0.2) is 0 Å². The van der Waals surface area contributed by atoms with Crippen LogP contribution >= 0.6 is 0 Å². The number of H-pyrrole nitrogens is 1. The van der Waals surface area contributed by atoms with Crippen molar-refractivity contribution in [3.63, 3.8) is 0 Å². The van der Waals surface area contributed by atoms with Gasteiger partial charge in [-0.2, -0.15) is 5.10 Å². The maximum Gasteiger partial charge on any atom is 0.254 e. The quantitative estimate of drug-likeness (QED) is 0.852. The first-order chi connectivity index (χ1) is 13.9. The summed E-state index contributed by atoms with van der Waals surface area (Å²) >= 11 is 0. The van der Waals surface area contributed by atoms with E-state index in [-0.39, 0.29) is 23.8 Å². The summed E-state index contributed by atoms with van der Waals surface area (Å²) < 4.78 is 0. The van der Waals surface area contributed by atoms with E-state index in [1.807, 2.05) is 42.0 Å². The molecular weight excluding hydrogens is 364 g/mol. The molecule has 2 heterocycles. The molecule has 1 aliphatic heterocycles. The summed E-state index contributed by atoms with van der Waals surface area (Å²) in [6.45, 7) is 8.10. The molecule has 4 rings (SSSR count). The van der Waals surface area contributed by atoms with E-state index >= 15 is 0 Å². The van der Waals surface area contributed by atoms with Crippen LogP contribution in [0.4, 0.5) is 0 Å². The first-order valence-electron chi connectivity index (χ1n) is 10.6. The summed E-state index contributed by atoms with van der Waals surface area (Å²) in [5.74, 6) is 0.317. The average Bonchev–Trinajstić information content (AvgIpc) is 3.07. The molecule has 2 amide bonds. The van der Waals surface area contributed by atoms with Gasteiger partial charge in [-0.05, 0) is 64.2 Å². The number of nitrogens with one attached hydrogen (secondary N) is 1. The van der Waals surface area contributed by atoms with Crippen LogP contribution in [-0.4, -0.2) is 57.5 Å². The van der Waals surface area contributed by atoms with Gasteiger partial charge in [0.2, 0.25) is 5.91 Å². The fraction of sp³-hybridized carbons (Fsp3) is 0.522. The smallest absolute Gasteiger partial charge is 0.254 e. The van der Waals surface area contributed by atoms with Crippen molar-refractivity contribution < 1.29 is 9.59 Å². The van der Waals surface area contributed by atoms with E-state index in [2.05, 4.69) is 23.2 Å². The molecule has 0 bridgehead atoms. The summed E-state index contributed by atoms with van der Waals surface area (Å²) in [6, 6.07) is 6.00. The fourth-order valence-corrected chi connectivity index (χ4v) is 4.81. The van der Waals surface area contributed by atoms with Crippen LogP contribution in [0.2, 0.25) is 0 Å². The van der Waals surface area contributed by atoms with Crippen molar-refractivity contribution in [2.75, 3.05) is 19.6 Å². The molecule has 1 aromatic carbocycles. The Morgan fingerprint density at radius 3 is 2.66 bits per heavy atom. The molecule has 0 radical (unpaired) electrons. The molecule has 2 aromatic rings. The molecule has 1 N–H and O–H groups in total. The Morgan fingerprint density at radius 2 is 1.90 bits per heavy atom. The Bertz CT molecular complexity index is 899. The lowest BCUT2D eigenvalue weighted by Crippen LogP contribution is -2.45. The molecule has 6 heteroatoms. The van der Waals surface area contributed by atoms with Gasteiger partial charge in [-0.15, -0.1) is 0 Å². The number of fused-ring (bicyclic) bond motifs is 1. The van der Waals surface area contributed by atoms with Gasteiger partial charge >= 0.3 is 0 Å². The Kier molecular flexibility index (Phi) is 5.43. The van der Waals surface area contributed by atoms with Crippen molar-refractivity contribution in [1.29, 1.82) is 0 Å². The predicted molar refractivity (Wildman–Crippen MR) is 112 cm³/mol. The van der Waals surface area contributed by atoms with Crippen LogP contribution in [0.25, 0.3) is 0 Å². The molecule has 1 aliphatic carbocycles. The highest BCUT2D eigenvalue weighted by molar-refractivity contribution is 5.95. The largest absolute Gasteiger partial charge is 0.340 e. The highest BCUT2D eigenvalue weighted by Crippen LogP contribution is 2.26. The third-order valence-corrected chi connectivity index (χ3v) is 6.25. The fourth-order valence-electron chi connectivity index (χ4n) is 4.81. The molecule has 1 aromatic heterocycles. The minimum atomic E-state index is 0.00263. The molecule has 2 unspecified atom stereocenters. The van der Waals surface area contributed by atoms with Gasteiger partial charge in [-0.3, -0.25) is 14.7 Å². The monoisotopic (exact) mass is 394 g/mol. The standard InChI is InChI=1S/C23H30N4O2/c1-15-9-16(2)11-19(10-15)23(29)27-8-4-7-26(14-17(27)3)22(28)18-5-6-21-20(12-18)13-24-25-21/h9-11,13,17-18H,4-8,12,14H2,1-3H3,(H,24,25). The number of aryl methyl sites for hydroxylation is 3. The molecule has 1 saturated heterocycles. The molecule has 154 valence electrons. The number of rotatable bonds is 2. The van der Waals surface area contributed by atoms with Gasteiger partial charge in [0.1, 0.15) is 0 Å². The third kappa shape index (κ3) is 4.07. The van der Waals surface area contributed by atoms with Crippen LogP contribution < -0.4 is 0 Å². The lowest BCUT2D eigenvalue weighted by Gasteiger charge is -2.31. The zero-order valence-corrected chi connectivity index (χ0v) is 17.6. The van der Waals surface area contributed by atoms with Crippen LogP contribution in [0.1, 0.15) is 52.5 Å². The average molecular weight is 395 g/mol. The number of benzene rings is 1. The lowest BCUT2D eigenvalue weighted by atomic mass is 9.87. The summed E-state index contributed by atoms with van der Waals surface area (Å²) in [6.07, 6.45) is 5.18. The molecule has 1 fully saturated rings. The van der Waals surface area contributed by atoms with E-state index in [1.54, 1.807) is 0 Å². The van der Waals surface area contributed by atoms with Gasteiger partial charge in [-0.25, -0.2) is 0 Å². The topological polar surface area (TPSA) is 69.3 Å². The Balaban J connectivity index is 1.44. The summed E-state index contributed by atoms with van der Waals surface area (Å²) in [4.78, 5) is 30.3. The minimum absolute atomic E-state index is 0.00263. The predicted octanol–water partition coefficient (Wildman–Crippen LogP) is 2.89. The molecule has 2 atom stereocenters.